The first-order chi connectivity index (χ1) is 13.7. The van der Waals surface area contributed by atoms with Gasteiger partial charge in [-0.15, -0.1) is 0 Å². The molecule has 1 aliphatic heterocycles. The first-order valence-electron chi connectivity index (χ1n) is 10.2. The number of nitrogens with one attached hydrogen (secondary N) is 1. The summed E-state index contributed by atoms with van der Waals surface area (Å²) in [4.78, 5) is 6.71. The molecule has 4 rings (SSSR count). The summed E-state index contributed by atoms with van der Waals surface area (Å²) in [5.74, 6) is 0. The Morgan fingerprint density at radius 3 is 2.43 bits per heavy atom. The van der Waals surface area contributed by atoms with E-state index in [2.05, 4.69) is 47.4 Å². The number of likely N-dealkylation sites (tertiary alicyclic amines) is 1. The molecule has 5 nitrogen and oxygen atoms in total. The Labute approximate surface area is 167 Å². The highest BCUT2D eigenvalue weighted by molar-refractivity contribution is 5.62. The average molecular weight is 376 g/mol. The Kier molecular flexibility index (Phi) is 5.84. The van der Waals surface area contributed by atoms with Gasteiger partial charge in [0.2, 0.25) is 0 Å². The van der Waals surface area contributed by atoms with Gasteiger partial charge in [0.05, 0.1) is 11.4 Å². The molecule has 1 fully saturated rings. The van der Waals surface area contributed by atoms with Gasteiger partial charge in [0.15, 0.2) is 0 Å². The van der Waals surface area contributed by atoms with Gasteiger partial charge in [-0.25, -0.2) is 4.68 Å². The number of nitrogens with zero attached hydrogens (tertiary/aromatic N) is 4. The van der Waals surface area contributed by atoms with Crippen LogP contribution < -0.4 is 5.32 Å². The molecule has 1 saturated heterocycles. The first-order valence-corrected chi connectivity index (χ1v) is 10.2. The fourth-order valence-electron chi connectivity index (χ4n) is 3.88. The van der Waals surface area contributed by atoms with E-state index in [1.807, 2.05) is 47.4 Å². The van der Waals surface area contributed by atoms with Gasteiger partial charge >= 0.3 is 0 Å². The molecule has 0 aliphatic carbocycles. The molecule has 0 radical (unpaired) electrons. The first kappa shape index (κ1) is 18.8. The largest absolute Gasteiger partial charge is 0.310 e. The topological polar surface area (TPSA) is 46.0 Å². The minimum atomic E-state index is 0.570. The molecule has 0 unspecified atom stereocenters. The van der Waals surface area contributed by atoms with Gasteiger partial charge in [-0.2, -0.15) is 5.10 Å². The number of piperidine rings is 1. The number of hydrogen-bond donors (Lipinski definition) is 1. The van der Waals surface area contributed by atoms with Gasteiger partial charge in [-0.1, -0.05) is 18.2 Å². The maximum atomic E-state index is 4.89. The lowest BCUT2D eigenvalue weighted by Gasteiger charge is -2.35. The lowest BCUT2D eigenvalue weighted by Crippen LogP contribution is -2.44. The van der Waals surface area contributed by atoms with Crippen molar-refractivity contribution in [2.75, 3.05) is 13.1 Å². The van der Waals surface area contributed by atoms with Crippen LogP contribution in [-0.4, -0.2) is 44.8 Å². The van der Waals surface area contributed by atoms with Gasteiger partial charge in [-0.05, 0) is 64.0 Å². The molecule has 0 bridgehead atoms. The number of hydrogen-bond acceptors (Lipinski definition) is 4. The van der Waals surface area contributed by atoms with Gasteiger partial charge in [0.1, 0.15) is 0 Å². The standard InChI is InChI=1S/C23H29N5/c1-18(2)27-14-10-21(11-15-27)25-16-20-17-28(22-6-4-3-5-7-22)26-23(20)19-8-12-24-13-9-19/h3-9,12-13,17-18,21,25H,10-11,14-16H2,1-2H3. The fourth-order valence-corrected chi connectivity index (χ4v) is 3.88. The third kappa shape index (κ3) is 4.32. The highest BCUT2D eigenvalue weighted by Crippen LogP contribution is 2.24. The summed E-state index contributed by atoms with van der Waals surface area (Å²) in [7, 11) is 0. The number of rotatable bonds is 6. The number of para-hydroxylation sites is 1. The van der Waals surface area contributed by atoms with E-state index in [9.17, 15) is 0 Å². The molecule has 1 N–H and O–H groups in total. The minimum Gasteiger partial charge on any atom is -0.310 e. The van der Waals surface area contributed by atoms with Crippen molar-refractivity contribution in [2.24, 2.45) is 0 Å². The van der Waals surface area contributed by atoms with Gasteiger partial charge < -0.3 is 10.2 Å². The summed E-state index contributed by atoms with van der Waals surface area (Å²) in [5.41, 5.74) is 4.44. The molecule has 3 heterocycles. The second kappa shape index (κ2) is 8.67. The quantitative estimate of drug-likeness (QED) is 0.710. The molecular weight excluding hydrogens is 346 g/mol. The van der Waals surface area contributed by atoms with Crippen molar-refractivity contribution < 1.29 is 0 Å². The lowest BCUT2D eigenvalue weighted by atomic mass is 10.0. The third-order valence-electron chi connectivity index (χ3n) is 5.61. The summed E-state index contributed by atoms with van der Waals surface area (Å²) >= 11 is 0. The Morgan fingerprint density at radius 1 is 1.04 bits per heavy atom. The molecular formula is C23H29N5. The maximum Gasteiger partial charge on any atom is 0.0973 e. The molecule has 3 aromatic rings. The van der Waals surface area contributed by atoms with E-state index in [1.165, 1.54) is 31.5 Å². The van der Waals surface area contributed by atoms with Crippen LogP contribution in [-0.2, 0) is 6.54 Å². The van der Waals surface area contributed by atoms with Crippen LogP contribution in [0.3, 0.4) is 0 Å². The average Bonchev–Trinajstić information content (AvgIpc) is 3.18. The summed E-state index contributed by atoms with van der Waals surface area (Å²) in [6.45, 7) is 7.75. The monoisotopic (exact) mass is 375 g/mol. The summed E-state index contributed by atoms with van der Waals surface area (Å²) < 4.78 is 1.98. The second-order valence-corrected chi connectivity index (χ2v) is 7.80. The van der Waals surface area contributed by atoms with Crippen LogP contribution in [0.15, 0.2) is 61.1 Å². The van der Waals surface area contributed by atoms with Crippen molar-refractivity contribution >= 4 is 0 Å². The second-order valence-electron chi connectivity index (χ2n) is 7.80. The number of benzene rings is 1. The Balaban J connectivity index is 1.52. The predicted molar refractivity (Wildman–Crippen MR) is 113 cm³/mol. The SMILES string of the molecule is CC(C)N1CCC(NCc2cn(-c3ccccc3)nc2-c2ccncc2)CC1. The minimum absolute atomic E-state index is 0.570. The molecule has 1 aliphatic rings. The van der Waals surface area contributed by atoms with E-state index in [-0.39, 0.29) is 0 Å². The molecule has 1 aromatic carbocycles. The van der Waals surface area contributed by atoms with Crippen molar-refractivity contribution in [1.29, 1.82) is 0 Å². The molecule has 28 heavy (non-hydrogen) atoms. The number of pyridine rings is 1. The Hall–Kier alpha value is -2.50. The molecule has 0 atom stereocenters. The zero-order valence-electron chi connectivity index (χ0n) is 16.8. The van der Waals surface area contributed by atoms with E-state index >= 15 is 0 Å². The Bertz CT molecular complexity index is 865. The molecule has 2 aromatic heterocycles. The zero-order valence-corrected chi connectivity index (χ0v) is 16.8. The van der Waals surface area contributed by atoms with Gasteiger partial charge in [0, 0.05) is 48.3 Å². The van der Waals surface area contributed by atoms with E-state index in [4.69, 9.17) is 5.10 Å². The van der Waals surface area contributed by atoms with Crippen molar-refractivity contribution in [3.8, 4) is 16.9 Å². The normalized spacial score (nSPS) is 16.0. The maximum absolute atomic E-state index is 4.89. The molecule has 0 spiro atoms. The van der Waals surface area contributed by atoms with E-state index < -0.39 is 0 Å². The number of aromatic nitrogens is 3. The van der Waals surface area contributed by atoms with Gasteiger partial charge in [0.25, 0.3) is 0 Å². The Morgan fingerprint density at radius 2 is 1.75 bits per heavy atom. The van der Waals surface area contributed by atoms with Crippen LogP contribution in [0.4, 0.5) is 0 Å². The van der Waals surface area contributed by atoms with Crippen molar-refractivity contribution in [3.63, 3.8) is 0 Å². The predicted octanol–water partition coefficient (Wildman–Crippen LogP) is 3.90. The van der Waals surface area contributed by atoms with E-state index in [0.29, 0.717) is 12.1 Å². The lowest BCUT2D eigenvalue weighted by molar-refractivity contribution is 0.161. The summed E-state index contributed by atoms with van der Waals surface area (Å²) in [5, 5.41) is 8.67. The molecule has 146 valence electrons. The van der Waals surface area contributed by atoms with E-state index in [0.717, 1.165) is 23.5 Å². The molecule has 0 saturated carbocycles. The molecule has 0 amide bonds. The van der Waals surface area contributed by atoms with E-state index in [1.54, 1.807) is 0 Å². The van der Waals surface area contributed by atoms with Crippen LogP contribution in [0.2, 0.25) is 0 Å². The van der Waals surface area contributed by atoms with Crippen LogP contribution >= 0.6 is 0 Å². The van der Waals surface area contributed by atoms with Crippen LogP contribution in [0.25, 0.3) is 16.9 Å². The van der Waals surface area contributed by atoms with Crippen LogP contribution in [0, 0.1) is 0 Å². The van der Waals surface area contributed by atoms with Crippen LogP contribution in [0.1, 0.15) is 32.3 Å². The zero-order chi connectivity index (χ0) is 19.3. The summed E-state index contributed by atoms with van der Waals surface area (Å²) in [6, 6.07) is 15.6. The van der Waals surface area contributed by atoms with Crippen molar-refractivity contribution in [3.05, 3.63) is 66.6 Å². The smallest absolute Gasteiger partial charge is 0.0973 e. The highest BCUT2D eigenvalue weighted by atomic mass is 15.3. The molecule has 5 heteroatoms. The summed E-state index contributed by atoms with van der Waals surface area (Å²) in [6.07, 6.45) is 8.22. The third-order valence-corrected chi connectivity index (χ3v) is 5.61. The highest BCUT2D eigenvalue weighted by Gasteiger charge is 2.21. The van der Waals surface area contributed by atoms with Crippen LogP contribution in [0.5, 0.6) is 0 Å². The van der Waals surface area contributed by atoms with Gasteiger partial charge in [-0.3, -0.25) is 4.98 Å². The van der Waals surface area contributed by atoms with Crippen molar-refractivity contribution in [2.45, 2.75) is 45.3 Å². The van der Waals surface area contributed by atoms with Crippen molar-refractivity contribution in [1.82, 2.24) is 25.0 Å². The fraction of sp³-hybridized carbons (Fsp3) is 0.391.